The van der Waals surface area contributed by atoms with Gasteiger partial charge in [-0.05, 0) is 55.7 Å². The fourth-order valence-corrected chi connectivity index (χ4v) is 3.46. The van der Waals surface area contributed by atoms with Gasteiger partial charge in [-0.15, -0.1) is 0 Å². The van der Waals surface area contributed by atoms with Crippen LogP contribution in [-0.2, 0) is 15.9 Å². The molecule has 0 unspecified atom stereocenters. The summed E-state index contributed by atoms with van der Waals surface area (Å²) in [5, 5.41) is 38.6. The summed E-state index contributed by atoms with van der Waals surface area (Å²) < 4.78 is 16.6. The molecule has 2 fully saturated rings. The number of ether oxygens (including phenoxy) is 3. The highest BCUT2D eigenvalue weighted by atomic mass is 16.7. The Labute approximate surface area is 165 Å². The van der Waals surface area contributed by atoms with E-state index in [0.717, 1.165) is 37.5 Å². The van der Waals surface area contributed by atoms with Crippen LogP contribution in [0.4, 0.5) is 0 Å². The Bertz CT molecular complexity index is 573. The SMILES string of the molecule is OC[C@H]1O[C@@H](OCCCCc2ccc(OCC3CCC3)cc2)[C@H](O)[C@@H](O)[C@@H]1O. The van der Waals surface area contributed by atoms with Crippen molar-refractivity contribution in [2.45, 2.75) is 69.2 Å². The van der Waals surface area contributed by atoms with Gasteiger partial charge in [-0.2, -0.15) is 0 Å². The first-order chi connectivity index (χ1) is 13.6. The first-order valence-corrected chi connectivity index (χ1v) is 10.2. The van der Waals surface area contributed by atoms with Crippen molar-refractivity contribution in [3.63, 3.8) is 0 Å². The van der Waals surface area contributed by atoms with E-state index in [1.807, 2.05) is 12.1 Å². The van der Waals surface area contributed by atoms with Crippen molar-refractivity contribution in [2.75, 3.05) is 19.8 Å². The second kappa shape index (κ2) is 10.5. The molecule has 0 bridgehead atoms. The maximum Gasteiger partial charge on any atom is 0.186 e. The number of aryl methyl sites for hydroxylation is 1. The van der Waals surface area contributed by atoms with E-state index in [2.05, 4.69) is 12.1 Å². The van der Waals surface area contributed by atoms with Crippen LogP contribution in [0.25, 0.3) is 0 Å². The zero-order chi connectivity index (χ0) is 19.9. The van der Waals surface area contributed by atoms with Gasteiger partial charge in [0, 0.05) is 6.61 Å². The quantitative estimate of drug-likeness (QED) is 0.437. The van der Waals surface area contributed by atoms with Gasteiger partial charge in [0.2, 0.25) is 0 Å². The lowest BCUT2D eigenvalue weighted by atomic mass is 9.86. The molecule has 1 aliphatic heterocycles. The van der Waals surface area contributed by atoms with Gasteiger partial charge in [0.25, 0.3) is 0 Å². The molecule has 1 aromatic carbocycles. The lowest BCUT2D eigenvalue weighted by Gasteiger charge is -2.39. The van der Waals surface area contributed by atoms with Gasteiger partial charge in [-0.1, -0.05) is 18.6 Å². The Kier molecular flexibility index (Phi) is 8.08. The summed E-state index contributed by atoms with van der Waals surface area (Å²) in [5.74, 6) is 1.64. The van der Waals surface area contributed by atoms with E-state index in [0.29, 0.717) is 6.61 Å². The maximum atomic E-state index is 9.93. The molecular formula is C21H32O7. The molecule has 1 saturated carbocycles. The van der Waals surface area contributed by atoms with Crippen LogP contribution in [0.15, 0.2) is 24.3 Å². The molecule has 4 N–H and O–H groups in total. The smallest absolute Gasteiger partial charge is 0.186 e. The maximum absolute atomic E-state index is 9.93. The molecule has 0 radical (unpaired) electrons. The van der Waals surface area contributed by atoms with Gasteiger partial charge >= 0.3 is 0 Å². The van der Waals surface area contributed by atoms with E-state index in [1.165, 1.54) is 24.8 Å². The van der Waals surface area contributed by atoms with Crippen LogP contribution in [0.1, 0.15) is 37.7 Å². The highest BCUT2D eigenvalue weighted by Gasteiger charge is 2.43. The molecule has 2 aliphatic rings. The molecule has 1 aromatic rings. The van der Waals surface area contributed by atoms with Crippen molar-refractivity contribution in [3.8, 4) is 5.75 Å². The standard InChI is InChI=1S/C21H32O7/c22-12-17-18(23)19(24)20(25)21(28-17)26-11-2-1-4-14-7-9-16(10-8-14)27-13-15-5-3-6-15/h7-10,15,17-25H,1-6,11-13H2/t17-,18-,19+,20-,21-/m1/s1. The molecule has 7 heteroatoms. The third kappa shape index (κ3) is 5.65. The van der Waals surface area contributed by atoms with E-state index in [-0.39, 0.29) is 0 Å². The Hall–Kier alpha value is -1.22. The Morgan fingerprint density at radius 2 is 1.71 bits per heavy atom. The summed E-state index contributed by atoms with van der Waals surface area (Å²) in [6, 6.07) is 8.18. The van der Waals surface area contributed by atoms with Crippen LogP contribution in [0.2, 0.25) is 0 Å². The molecule has 1 saturated heterocycles. The highest BCUT2D eigenvalue weighted by molar-refractivity contribution is 5.27. The molecule has 5 atom stereocenters. The van der Waals surface area contributed by atoms with E-state index < -0.39 is 37.3 Å². The molecule has 3 rings (SSSR count). The summed E-state index contributed by atoms with van der Waals surface area (Å²) in [6.07, 6.45) is 0.359. The number of aliphatic hydroxyl groups excluding tert-OH is 4. The number of benzene rings is 1. The minimum Gasteiger partial charge on any atom is -0.493 e. The first kappa shape index (κ1) is 21.5. The van der Waals surface area contributed by atoms with Crippen molar-refractivity contribution in [2.24, 2.45) is 5.92 Å². The van der Waals surface area contributed by atoms with E-state index >= 15 is 0 Å². The normalized spacial score (nSPS) is 30.8. The topological polar surface area (TPSA) is 109 Å². The van der Waals surface area contributed by atoms with Crippen molar-refractivity contribution in [1.29, 1.82) is 0 Å². The average molecular weight is 396 g/mol. The van der Waals surface area contributed by atoms with Crippen molar-refractivity contribution in [3.05, 3.63) is 29.8 Å². The average Bonchev–Trinajstić information content (AvgIpc) is 2.67. The molecular weight excluding hydrogens is 364 g/mol. The predicted octanol–water partition coefficient (Wildman–Crippen LogP) is 1.00. The van der Waals surface area contributed by atoms with Gasteiger partial charge in [0.15, 0.2) is 6.29 Å². The van der Waals surface area contributed by atoms with Crippen LogP contribution in [-0.4, -0.2) is 71.0 Å². The zero-order valence-electron chi connectivity index (χ0n) is 16.2. The van der Waals surface area contributed by atoms with Gasteiger partial charge in [-0.3, -0.25) is 0 Å². The largest absolute Gasteiger partial charge is 0.493 e. The summed E-state index contributed by atoms with van der Waals surface area (Å²) in [4.78, 5) is 0. The fourth-order valence-electron chi connectivity index (χ4n) is 3.46. The van der Waals surface area contributed by atoms with Gasteiger partial charge in [0.05, 0.1) is 13.2 Å². The molecule has 1 heterocycles. The first-order valence-electron chi connectivity index (χ1n) is 10.2. The number of hydrogen-bond donors (Lipinski definition) is 4. The summed E-state index contributed by atoms with van der Waals surface area (Å²) >= 11 is 0. The van der Waals surface area contributed by atoms with Crippen LogP contribution in [0, 0.1) is 5.92 Å². The number of aliphatic hydroxyl groups is 4. The fraction of sp³-hybridized carbons (Fsp3) is 0.714. The second-order valence-electron chi connectivity index (χ2n) is 7.78. The van der Waals surface area contributed by atoms with E-state index in [4.69, 9.17) is 14.2 Å². The van der Waals surface area contributed by atoms with Crippen LogP contribution < -0.4 is 4.74 Å². The molecule has 0 spiro atoms. The lowest BCUT2D eigenvalue weighted by molar-refractivity contribution is -0.301. The van der Waals surface area contributed by atoms with Crippen molar-refractivity contribution in [1.82, 2.24) is 0 Å². The van der Waals surface area contributed by atoms with Crippen molar-refractivity contribution >= 4 is 0 Å². The molecule has 28 heavy (non-hydrogen) atoms. The Morgan fingerprint density at radius 1 is 0.964 bits per heavy atom. The van der Waals surface area contributed by atoms with Crippen LogP contribution >= 0.6 is 0 Å². The molecule has 7 nitrogen and oxygen atoms in total. The highest BCUT2D eigenvalue weighted by Crippen LogP contribution is 2.27. The minimum atomic E-state index is -1.40. The van der Waals surface area contributed by atoms with Gasteiger partial charge in [0.1, 0.15) is 30.2 Å². The number of hydrogen-bond acceptors (Lipinski definition) is 7. The summed E-state index contributed by atoms with van der Waals surface area (Å²) in [7, 11) is 0. The molecule has 0 aromatic heterocycles. The minimum absolute atomic E-state index is 0.352. The van der Waals surface area contributed by atoms with Crippen LogP contribution in [0.5, 0.6) is 5.75 Å². The summed E-state index contributed by atoms with van der Waals surface area (Å²) in [5.41, 5.74) is 1.23. The second-order valence-corrected chi connectivity index (χ2v) is 7.78. The van der Waals surface area contributed by atoms with Gasteiger partial charge < -0.3 is 34.6 Å². The Balaban J connectivity index is 1.32. The molecule has 158 valence electrons. The zero-order valence-corrected chi connectivity index (χ0v) is 16.2. The Morgan fingerprint density at radius 3 is 2.36 bits per heavy atom. The monoisotopic (exact) mass is 396 g/mol. The third-order valence-corrected chi connectivity index (χ3v) is 5.62. The van der Waals surface area contributed by atoms with Crippen molar-refractivity contribution < 1.29 is 34.6 Å². The summed E-state index contributed by atoms with van der Waals surface area (Å²) in [6.45, 7) is 0.713. The van der Waals surface area contributed by atoms with E-state index in [1.54, 1.807) is 0 Å². The van der Waals surface area contributed by atoms with Gasteiger partial charge in [-0.25, -0.2) is 0 Å². The molecule has 0 amide bonds. The third-order valence-electron chi connectivity index (χ3n) is 5.62. The number of unbranched alkanes of at least 4 members (excludes halogenated alkanes) is 1. The van der Waals surface area contributed by atoms with Crippen LogP contribution in [0.3, 0.4) is 0 Å². The number of rotatable bonds is 10. The molecule has 1 aliphatic carbocycles. The lowest BCUT2D eigenvalue weighted by Crippen LogP contribution is -2.59. The predicted molar refractivity (Wildman–Crippen MR) is 102 cm³/mol. The van der Waals surface area contributed by atoms with E-state index in [9.17, 15) is 20.4 Å².